The molecule has 2 aromatic carbocycles. The van der Waals surface area contributed by atoms with E-state index in [0.717, 1.165) is 6.07 Å². The lowest BCUT2D eigenvalue weighted by molar-refractivity contribution is -0.138. The molecule has 94 valence electrons. The Balaban J connectivity index is 2.36. The first-order chi connectivity index (χ1) is 8.48. The number of halogens is 4. The van der Waals surface area contributed by atoms with Crippen molar-refractivity contribution in [1.82, 2.24) is 0 Å². The van der Waals surface area contributed by atoms with Crippen molar-refractivity contribution in [2.45, 2.75) is 6.18 Å². The highest BCUT2D eigenvalue weighted by atomic mass is 79.9. The number of ether oxygens (including phenoxy) is 1. The van der Waals surface area contributed by atoms with Crippen LogP contribution < -0.4 is 4.74 Å². The van der Waals surface area contributed by atoms with Gasteiger partial charge in [-0.3, -0.25) is 0 Å². The summed E-state index contributed by atoms with van der Waals surface area (Å²) in [5, 5.41) is 0. The van der Waals surface area contributed by atoms with Crippen molar-refractivity contribution in [3.63, 3.8) is 0 Å². The van der Waals surface area contributed by atoms with E-state index in [1.807, 2.05) is 0 Å². The zero-order valence-corrected chi connectivity index (χ0v) is 10.6. The molecule has 18 heavy (non-hydrogen) atoms. The van der Waals surface area contributed by atoms with E-state index in [1.165, 1.54) is 12.1 Å². The molecule has 0 aliphatic heterocycles. The van der Waals surface area contributed by atoms with E-state index in [4.69, 9.17) is 4.74 Å². The third-order valence-electron chi connectivity index (χ3n) is 2.24. The fourth-order valence-corrected chi connectivity index (χ4v) is 1.99. The van der Waals surface area contributed by atoms with Gasteiger partial charge in [0.05, 0.1) is 10.0 Å². The third kappa shape index (κ3) is 2.85. The Kier molecular flexibility index (Phi) is 3.61. The number of rotatable bonds is 2. The van der Waals surface area contributed by atoms with E-state index in [-0.39, 0.29) is 10.2 Å². The van der Waals surface area contributed by atoms with Gasteiger partial charge in [0.1, 0.15) is 11.5 Å². The van der Waals surface area contributed by atoms with Crippen LogP contribution >= 0.6 is 15.9 Å². The quantitative estimate of drug-likeness (QED) is 0.734. The molecule has 5 heteroatoms. The number of hydrogen-bond donors (Lipinski definition) is 0. The van der Waals surface area contributed by atoms with Gasteiger partial charge in [-0.2, -0.15) is 13.2 Å². The van der Waals surface area contributed by atoms with Crippen molar-refractivity contribution in [3.8, 4) is 11.5 Å². The highest BCUT2D eigenvalue weighted by molar-refractivity contribution is 9.10. The maximum Gasteiger partial charge on any atom is 0.417 e. The third-order valence-corrected chi connectivity index (χ3v) is 3.06. The number of benzene rings is 2. The zero-order valence-electron chi connectivity index (χ0n) is 9.04. The van der Waals surface area contributed by atoms with E-state index >= 15 is 0 Å². The van der Waals surface area contributed by atoms with Gasteiger partial charge in [-0.05, 0) is 40.2 Å². The lowest BCUT2D eigenvalue weighted by Gasteiger charge is -2.13. The Hall–Kier alpha value is -1.49. The van der Waals surface area contributed by atoms with Gasteiger partial charge in [0.2, 0.25) is 0 Å². The maximum absolute atomic E-state index is 12.7. The average Bonchev–Trinajstić information content (AvgIpc) is 2.32. The Bertz CT molecular complexity index is 538. The number of alkyl halides is 3. The van der Waals surface area contributed by atoms with E-state index in [1.54, 1.807) is 30.3 Å². The topological polar surface area (TPSA) is 9.23 Å². The predicted molar refractivity (Wildman–Crippen MR) is 65.7 cm³/mol. The van der Waals surface area contributed by atoms with Crippen LogP contribution in [0.2, 0.25) is 0 Å². The van der Waals surface area contributed by atoms with E-state index in [0.29, 0.717) is 5.75 Å². The second-order valence-electron chi connectivity index (χ2n) is 3.53. The lowest BCUT2D eigenvalue weighted by atomic mass is 10.2. The fourth-order valence-electron chi connectivity index (χ4n) is 1.42. The van der Waals surface area contributed by atoms with Gasteiger partial charge in [-0.25, -0.2) is 0 Å². The molecule has 0 saturated carbocycles. The highest BCUT2D eigenvalue weighted by Crippen LogP contribution is 2.40. The van der Waals surface area contributed by atoms with Gasteiger partial charge < -0.3 is 4.74 Å². The molecule has 0 atom stereocenters. The van der Waals surface area contributed by atoms with Gasteiger partial charge in [0.25, 0.3) is 0 Å². The summed E-state index contributed by atoms with van der Waals surface area (Å²) in [6.45, 7) is 0. The Morgan fingerprint density at radius 1 is 0.889 bits per heavy atom. The van der Waals surface area contributed by atoms with Crippen LogP contribution in [0.4, 0.5) is 13.2 Å². The van der Waals surface area contributed by atoms with E-state index in [9.17, 15) is 13.2 Å². The van der Waals surface area contributed by atoms with Crippen LogP contribution in [0, 0.1) is 0 Å². The standard InChI is InChI=1S/C13H8BrF3O/c14-12-10(13(15,16)17)7-4-8-11(12)18-9-5-2-1-3-6-9/h1-8H. The molecule has 0 aliphatic carbocycles. The van der Waals surface area contributed by atoms with Gasteiger partial charge in [-0.15, -0.1) is 0 Å². The summed E-state index contributed by atoms with van der Waals surface area (Å²) in [5.74, 6) is 0.619. The van der Waals surface area contributed by atoms with Crippen molar-refractivity contribution in [3.05, 3.63) is 58.6 Å². The van der Waals surface area contributed by atoms with Crippen LogP contribution in [0.15, 0.2) is 53.0 Å². The minimum absolute atomic E-state index is 0.0960. The van der Waals surface area contributed by atoms with Crippen LogP contribution in [-0.4, -0.2) is 0 Å². The molecule has 0 heterocycles. The smallest absolute Gasteiger partial charge is 0.417 e. The van der Waals surface area contributed by atoms with E-state index < -0.39 is 11.7 Å². The molecule has 0 aromatic heterocycles. The summed E-state index contributed by atoms with van der Waals surface area (Å²) in [4.78, 5) is 0. The van der Waals surface area contributed by atoms with Crippen LogP contribution in [0.3, 0.4) is 0 Å². The van der Waals surface area contributed by atoms with Crippen LogP contribution in [-0.2, 0) is 6.18 Å². The van der Waals surface area contributed by atoms with Crippen molar-refractivity contribution in [2.75, 3.05) is 0 Å². The molecular weight excluding hydrogens is 309 g/mol. The molecule has 0 fully saturated rings. The summed E-state index contributed by atoms with van der Waals surface area (Å²) < 4.78 is 43.3. The van der Waals surface area contributed by atoms with Gasteiger partial charge in [0, 0.05) is 0 Å². The van der Waals surface area contributed by atoms with Crippen molar-refractivity contribution < 1.29 is 17.9 Å². The molecule has 0 aliphatic rings. The maximum atomic E-state index is 12.7. The molecule has 2 aromatic rings. The Morgan fingerprint density at radius 2 is 1.56 bits per heavy atom. The molecule has 1 nitrogen and oxygen atoms in total. The van der Waals surface area contributed by atoms with Crippen molar-refractivity contribution in [2.24, 2.45) is 0 Å². The van der Waals surface area contributed by atoms with Gasteiger partial charge >= 0.3 is 6.18 Å². The number of hydrogen-bond acceptors (Lipinski definition) is 1. The van der Waals surface area contributed by atoms with E-state index in [2.05, 4.69) is 15.9 Å². The lowest BCUT2D eigenvalue weighted by Crippen LogP contribution is -2.06. The van der Waals surface area contributed by atoms with Crippen LogP contribution in [0.5, 0.6) is 11.5 Å². The molecular formula is C13H8BrF3O. The molecule has 0 unspecified atom stereocenters. The molecule has 0 N–H and O–H groups in total. The summed E-state index contributed by atoms with van der Waals surface area (Å²) in [7, 11) is 0. The number of para-hydroxylation sites is 1. The molecule has 0 bridgehead atoms. The Labute approximate surface area is 110 Å². The summed E-state index contributed by atoms with van der Waals surface area (Å²) in [6.07, 6.45) is -4.41. The SMILES string of the molecule is FC(F)(F)c1cccc(Oc2ccccc2)c1Br. The largest absolute Gasteiger partial charge is 0.456 e. The molecule has 0 amide bonds. The summed E-state index contributed by atoms with van der Waals surface area (Å²) in [6, 6.07) is 12.4. The van der Waals surface area contributed by atoms with Crippen molar-refractivity contribution >= 4 is 15.9 Å². The first-order valence-corrected chi connectivity index (χ1v) is 5.86. The normalized spacial score (nSPS) is 11.3. The summed E-state index contributed by atoms with van der Waals surface area (Å²) >= 11 is 2.93. The molecule has 0 radical (unpaired) electrons. The molecule has 0 spiro atoms. The predicted octanol–water partition coefficient (Wildman–Crippen LogP) is 5.26. The summed E-state index contributed by atoms with van der Waals surface area (Å²) in [5.41, 5.74) is -0.754. The zero-order chi connectivity index (χ0) is 13.2. The second kappa shape index (κ2) is 5.02. The Morgan fingerprint density at radius 3 is 2.17 bits per heavy atom. The van der Waals surface area contributed by atoms with Gasteiger partial charge in [-0.1, -0.05) is 24.3 Å². The van der Waals surface area contributed by atoms with Gasteiger partial charge in [0.15, 0.2) is 0 Å². The monoisotopic (exact) mass is 316 g/mol. The molecule has 0 saturated heterocycles. The highest BCUT2D eigenvalue weighted by Gasteiger charge is 2.34. The average molecular weight is 317 g/mol. The van der Waals surface area contributed by atoms with Crippen LogP contribution in [0.1, 0.15) is 5.56 Å². The van der Waals surface area contributed by atoms with Crippen molar-refractivity contribution in [1.29, 1.82) is 0 Å². The first-order valence-electron chi connectivity index (χ1n) is 5.07. The fraction of sp³-hybridized carbons (Fsp3) is 0.0769. The molecule has 2 rings (SSSR count). The second-order valence-corrected chi connectivity index (χ2v) is 4.32. The minimum Gasteiger partial charge on any atom is -0.456 e. The van der Waals surface area contributed by atoms with Crippen LogP contribution in [0.25, 0.3) is 0 Å². The first kappa shape index (κ1) is 13.0. The minimum atomic E-state index is -4.41.